The van der Waals surface area contributed by atoms with Gasteiger partial charge >= 0.3 is 0 Å². The fourth-order valence-corrected chi connectivity index (χ4v) is 4.89. The Labute approximate surface area is 148 Å². The highest BCUT2D eigenvalue weighted by molar-refractivity contribution is 7.71. The normalized spacial score (nSPS) is 23.3. The third-order valence-electron chi connectivity index (χ3n) is 5.01. The van der Waals surface area contributed by atoms with Gasteiger partial charge < -0.3 is 13.7 Å². The molecule has 1 saturated carbocycles. The number of hydrogen-bond acceptors (Lipinski definition) is 5. The summed E-state index contributed by atoms with van der Waals surface area (Å²) in [7, 11) is 0. The first-order valence-corrected chi connectivity index (χ1v) is 9.61. The number of furan rings is 1. The molecule has 3 aromatic heterocycles. The van der Waals surface area contributed by atoms with Gasteiger partial charge in [-0.1, -0.05) is 0 Å². The molecule has 1 aliphatic heterocycles. The molecular formula is C17H18N3O2S2+. The first kappa shape index (κ1) is 14.6. The molecule has 1 aliphatic carbocycles. The van der Waals surface area contributed by atoms with Gasteiger partial charge in [-0.05, 0) is 48.6 Å². The first-order chi connectivity index (χ1) is 11.8. The quantitative estimate of drug-likeness (QED) is 0.727. The van der Waals surface area contributed by atoms with Crippen molar-refractivity contribution in [3.05, 3.63) is 45.1 Å². The zero-order valence-corrected chi connectivity index (χ0v) is 14.7. The van der Waals surface area contributed by atoms with E-state index >= 15 is 0 Å². The summed E-state index contributed by atoms with van der Waals surface area (Å²) < 4.78 is 12.8. The number of hydrogen-bond donors (Lipinski definition) is 1. The third kappa shape index (κ3) is 2.47. The topological polar surface area (TPSA) is 48.5 Å². The molecule has 0 saturated heterocycles. The van der Waals surface area contributed by atoms with E-state index in [0.29, 0.717) is 22.5 Å². The van der Waals surface area contributed by atoms with E-state index < -0.39 is 0 Å². The molecule has 0 bridgehead atoms. The number of nitrogens with zero attached hydrogens (tertiary/aromatic N) is 2. The summed E-state index contributed by atoms with van der Waals surface area (Å²) in [6, 6.07) is 6.55. The van der Waals surface area contributed by atoms with E-state index in [1.54, 1.807) is 21.6 Å². The Bertz CT molecular complexity index is 905. The molecule has 0 amide bonds. The summed E-state index contributed by atoms with van der Waals surface area (Å²) >= 11 is 7.28. The van der Waals surface area contributed by atoms with E-state index in [4.69, 9.17) is 21.1 Å². The summed E-state index contributed by atoms with van der Waals surface area (Å²) in [5.41, 5.74) is 1.55. The number of aromatic nitrogens is 2. The van der Waals surface area contributed by atoms with Crippen LogP contribution in [0.5, 0.6) is 0 Å². The molecule has 1 unspecified atom stereocenters. The molecule has 5 rings (SSSR count). The first-order valence-electron chi connectivity index (χ1n) is 8.32. The van der Waals surface area contributed by atoms with Gasteiger partial charge in [0.05, 0.1) is 12.8 Å². The summed E-state index contributed by atoms with van der Waals surface area (Å²) in [5.74, 6) is 1.88. The Morgan fingerprint density at radius 3 is 3.08 bits per heavy atom. The van der Waals surface area contributed by atoms with Crippen molar-refractivity contribution in [2.24, 2.45) is 5.92 Å². The fourth-order valence-electron chi connectivity index (χ4n) is 3.77. The third-order valence-corrected chi connectivity index (χ3v) is 6.30. The SMILES string of the molecule is S=c1oc(-c2ccco2)nn1C[NH+]1CCc2sccc2[C@@H]1C1CC1. The van der Waals surface area contributed by atoms with Crippen molar-refractivity contribution in [1.29, 1.82) is 0 Å². The van der Waals surface area contributed by atoms with Crippen LogP contribution in [0.3, 0.4) is 0 Å². The van der Waals surface area contributed by atoms with E-state index in [9.17, 15) is 0 Å². The van der Waals surface area contributed by atoms with Gasteiger partial charge in [-0.3, -0.25) is 0 Å². The van der Waals surface area contributed by atoms with Crippen LogP contribution in [0.1, 0.15) is 29.3 Å². The number of fused-ring (bicyclic) bond motifs is 1. The highest BCUT2D eigenvalue weighted by atomic mass is 32.1. The van der Waals surface area contributed by atoms with Gasteiger partial charge in [0.25, 0.3) is 10.7 Å². The van der Waals surface area contributed by atoms with Crippen LogP contribution in [0.15, 0.2) is 38.7 Å². The highest BCUT2D eigenvalue weighted by Gasteiger charge is 2.43. The van der Waals surface area contributed by atoms with Gasteiger partial charge in [0, 0.05) is 22.8 Å². The fraction of sp³-hybridized carbons (Fsp3) is 0.412. The van der Waals surface area contributed by atoms with Crippen LogP contribution in [0.4, 0.5) is 0 Å². The van der Waals surface area contributed by atoms with Crippen molar-refractivity contribution >= 4 is 23.6 Å². The predicted octanol–water partition coefficient (Wildman–Crippen LogP) is 3.08. The molecule has 3 aromatic rings. The van der Waals surface area contributed by atoms with Crippen molar-refractivity contribution in [3.8, 4) is 11.7 Å². The van der Waals surface area contributed by atoms with Gasteiger partial charge in [0.1, 0.15) is 6.04 Å². The molecule has 1 fully saturated rings. The highest BCUT2D eigenvalue weighted by Crippen LogP contribution is 2.42. The Kier molecular flexibility index (Phi) is 3.46. The molecule has 1 N–H and O–H groups in total. The molecule has 2 atom stereocenters. The van der Waals surface area contributed by atoms with Gasteiger partial charge in [-0.2, -0.15) is 4.68 Å². The number of rotatable bonds is 4. The molecule has 0 aromatic carbocycles. The van der Waals surface area contributed by atoms with Gasteiger partial charge in [0.2, 0.25) is 0 Å². The maximum absolute atomic E-state index is 5.63. The zero-order valence-electron chi connectivity index (χ0n) is 13.1. The predicted molar refractivity (Wildman–Crippen MR) is 92.3 cm³/mol. The smallest absolute Gasteiger partial charge is 0.292 e. The molecule has 4 heterocycles. The molecule has 0 radical (unpaired) electrons. The van der Waals surface area contributed by atoms with Crippen LogP contribution in [0, 0.1) is 10.8 Å². The monoisotopic (exact) mass is 360 g/mol. The molecule has 5 nitrogen and oxygen atoms in total. The molecular weight excluding hydrogens is 342 g/mol. The Morgan fingerprint density at radius 1 is 1.38 bits per heavy atom. The number of nitrogens with one attached hydrogen (secondary N) is 1. The molecule has 124 valence electrons. The lowest BCUT2D eigenvalue weighted by Gasteiger charge is -2.32. The minimum Gasteiger partial charge on any atom is -0.459 e. The Balaban J connectivity index is 1.44. The second kappa shape index (κ2) is 5.68. The van der Waals surface area contributed by atoms with E-state index in [-0.39, 0.29) is 0 Å². The Hall–Kier alpha value is -1.70. The van der Waals surface area contributed by atoms with Crippen molar-refractivity contribution < 1.29 is 13.7 Å². The standard InChI is InChI=1S/C17H17N3O2S2/c23-17-20(18-16(22-17)13-2-1-8-21-13)10-19-7-5-14-12(6-9-24-14)15(19)11-3-4-11/h1-2,6,8-9,11,15H,3-5,7,10H2/p+1/t15-/m0/s1. The average Bonchev–Trinajstić information content (AvgIpc) is 3.00. The van der Waals surface area contributed by atoms with Gasteiger partial charge in [-0.25, -0.2) is 0 Å². The van der Waals surface area contributed by atoms with Crippen molar-refractivity contribution in [1.82, 2.24) is 9.78 Å². The largest absolute Gasteiger partial charge is 0.459 e. The van der Waals surface area contributed by atoms with Crippen LogP contribution in [0.2, 0.25) is 0 Å². The van der Waals surface area contributed by atoms with Gasteiger partial charge in [-0.15, -0.1) is 16.4 Å². The maximum Gasteiger partial charge on any atom is 0.292 e. The van der Waals surface area contributed by atoms with Crippen molar-refractivity contribution in [2.75, 3.05) is 6.54 Å². The maximum atomic E-state index is 5.63. The van der Waals surface area contributed by atoms with Crippen LogP contribution in [-0.4, -0.2) is 16.3 Å². The number of quaternary nitrogens is 1. The van der Waals surface area contributed by atoms with E-state index in [1.165, 1.54) is 12.8 Å². The minimum absolute atomic E-state index is 0.416. The van der Waals surface area contributed by atoms with Gasteiger partial charge in [0.15, 0.2) is 12.4 Å². The van der Waals surface area contributed by atoms with Crippen LogP contribution < -0.4 is 4.90 Å². The lowest BCUT2D eigenvalue weighted by atomic mass is 9.96. The second-order valence-corrected chi connectivity index (χ2v) is 7.93. The van der Waals surface area contributed by atoms with E-state index in [0.717, 1.165) is 25.6 Å². The minimum atomic E-state index is 0.416. The molecule has 7 heteroatoms. The van der Waals surface area contributed by atoms with E-state index in [2.05, 4.69) is 16.5 Å². The zero-order chi connectivity index (χ0) is 16.1. The summed E-state index contributed by atoms with van der Waals surface area (Å²) in [5, 5.41) is 6.77. The Morgan fingerprint density at radius 2 is 2.29 bits per heavy atom. The molecule has 0 spiro atoms. The lowest BCUT2D eigenvalue weighted by Crippen LogP contribution is -3.13. The summed E-state index contributed by atoms with van der Waals surface area (Å²) in [4.78, 5) is 3.52. The molecule has 2 aliphatic rings. The molecule has 24 heavy (non-hydrogen) atoms. The summed E-state index contributed by atoms with van der Waals surface area (Å²) in [6.45, 7) is 1.87. The van der Waals surface area contributed by atoms with Crippen LogP contribution in [0.25, 0.3) is 11.7 Å². The van der Waals surface area contributed by atoms with Crippen molar-refractivity contribution in [2.45, 2.75) is 32.0 Å². The van der Waals surface area contributed by atoms with E-state index in [1.807, 2.05) is 28.2 Å². The van der Waals surface area contributed by atoms with Crippen LogP contribution >= 0.6 is 23.6 Å². The lowest BCUT2D eigenvalue weighted by molar-refractivity contribution is -0.958. The van der Waals surface area contributed by atoms with Crippen molar-refractivity contribution in [3.63, 3.8) is 0 Å². The average molecular weight is 360 g/mol. The summed E-state index contributed by atoms with van der Waals surface area (Å²) in [6.07, 6.45) is 5.43. The number of thiophene rings is 1. The van der Waals surface area contributed by atoms with Crippen LogP contribution in [-0.2, 0) is 13.1 Å². The second-order valence-electron chi connectivity index (χ2n) is 6.58.